The number of pyridine rings is 1. The quantitative estimate of drug-likeness (QED) is 0.773. The highest BCUT2D eigenvalue weighted by molar-refractivity contribution is 7.80. The zero-order valence-electron chi connectivity index (χ0n) is 14.3. The summed E-state index contributed by atoms with van der Waals surface area (Å²) in [6.45, 7) is 5.05. The fourth-order valence-corrected chi connectivity index (χ4v) is 3.43. The predicted molar refractivity (Wildman–Crippen MR) is 109 cm³/mol. The highest BCUT2D eigenvalue weighted by Gasteiger charge is 2.17. The molecule has 0 unspecified atom stereocenters. The lowest BCUT2D eigenvalue weighted by Crippen LogP contribution is -2.34. The van der Waals surface area contributed by atoms with Crippen LogP contribution in [0.1, 0.15) is 25.3 Å². The predicted octanol–water partition coefficient (Wildman–Crippen LogP) is 4.46. The number of piperidine rings is 1. The van der Waals surface area contributed by atoms with Gasteiger partial charge in [0, 0.05) is 24.7 Å². The zero-order chi connectivity index (χ0) is 17.6. The number of aromatic nitrogens is 1. The summed E-state index contributed by atoms with van der Waals surface area (Å²) in [5.41, 5.74) is 1.89. The van der Waals surface area contributed by atoms with Crippen LogP contribution in [0, 0.1) is 5.92 Å². The molecule has 2 heterocycles. The first-order chi connectivity index (χ1) is 12.1. The van der Waals surface area contributed by atoms with Crippen molar-refractivity contribution in [3.8, 4) is 0 Å². The fourth-order valence-electron chi connectivity index (χ4n) is 3.04. The topological polar surface area (TPSA) is 40.2 Å². The maximum Gasteiger partial charge on any atom is 0.171 e. The molecule has 1 saturated heterocycles. The number of nitrogens with zero attached hydrogens (tertiary/aromatic N) is 2. The molecule has 3 rings (SSSR count). The van der Waals surface area contributed by atoms with Crippen molar-refractivity contribution >= 4 is 40.4 Å². The molecule has 0 aliphatic carbocycles. The summed E-state index contributed by atoms with van der Waals surface area (Å²) in [6, 6.07) is 11.8. The van der Waals surface area contributed by atoms with Crippen molar-refractivity contribution in [2.75, 3.05) is 23.3 Å². The first-order valence-corrected chi connectivity index (χ1v) is 9.39. The molecule has 2 aromatic rings. The standard InChI is InChI=1S/C19H23ClN4S/c1-14-5-4-10-24(13-14)18-9-8-16(12-21-18)23-19(25)22-11-15-6-2-3-7-17(15)20/h2-3,6-9,12,14H,4-5,10-11,13H2,1H3,(H2,22,23,25)/t14-/m1/s1. The Morgan fingerprint density at radius 1 is 1.32 bits per heavy atom. The molecule has 1 atom stereocenters. The van der Waals surface area contributed by atoms with Gasteiger partial charge >= 0.3 is 0 Å². The Balaban J connectivity index is 1.52. The minimum atomic E-state index is 0.557. The Morgan fingerprint density at radius 3 is 2.88 bits per heavy atom. The van der Waals surface area contributed by atoms with Crippen molar-refractivity contribution in [2.24, 2.45) is 5.92 Å². The van der Waals surface area contributed by atoms with Crippen molar-refractivity contribution in [3.63, 3.8) is 0 Å². The molecule has 6 heteroatoms. The van der Waals surface area contributed by atoms with E-state index in [9.17, 15) is 0 Å². The number of hydrogen-bond donors (Lipinski definition) is 2. The van der Waals surface area contributed by atoms with Gasteiger partial charge in [0.2, 0.25) is 0 Å². The lowest BCUT2D eigenvalue weighted by molar-refractivity contribution is 0.444. The molecule has 1 fully saturated rings. The van der Waals surface area contributed by atoms with Crippen LogP contribution in [-0.2, 0) is 6.54 Å². The van der Waals surface area contributed by atoms with Gasteiger partial charge in [-0.2, -0.15) is 0 Å². The van der Waals surface area contributed by atoms with E-state index in [1.807, 2.05) is 36.5 Å². The van der Waals surface area contributed by atoms with Crippen molar-refractivity contribution in [1.82, 2.24) is 10.3 Å². The van der Waals surface area contributed by atoms with E-state index in [1.54, 1.807) is 0 Å². The van der Waals surface area contributed by atoms with Gasteiger partial charge in [-0.1, -0.05) is 36.7 Å². The van der Waals surface area contributed by atoms with Crippen LogP contribution >= 0.6 is 23.8 Å². The minimum Gasteiger partial charge on any atom is -0.358 e. The monoisotopic (exact) mass is 374 g/mol. The number of rotatable bonds is 4. The van der Waals surface area contributed by atoms with Crippen molar-refractivity contribution in [1.29, 1.82) is 0 Å². The molecule has 4 nitrogen and oxygen atoms in total. The molecule has 1 aliphatic rings. The van der Waals surface area contributed by atoms with Crippen LogP contribution in [0.3, 0.4) is 0 Å². The van der Waals surface area contributed by atoms with Gasteiger partial charge in [0.1, 0.15) is 5.82 Å². The van der Waals surface area contributed by atoms with Gasteiger partial charge in [-0.3, -0.25) is 0 Å². The maximum atomic E-state index is 6.15. The number of anilines is 2. The number of halogens is 1. The number of benzene rings is 1. The van der Waals surface area contributed by atoms with E-state index in [1.165, 1.54) is 12.8 Å². The second-order valence-electron chi connectivity index (χ2n) is 6.50. The van der Waals surface area contributed by atoms with E-state index >= 15 is 0 Å². The third-order valence-corrected chi connectivity index (χ3v) is 5.00. The normalized spacial score (nSPS) is 17.2. The molecule has 25 heavy (non-hydrogen) atoms. The van der Waals surface area contributed by atoms with Crippen LogP contribution in [0.5, 0.6) is 0 Å². The van der Waals surface area contributed by atoms with Crippen LogP contribution in [0.15, 0.2) is 42.6 Å². The first kappa shape index (κ1) is 18.0. The summed E-state index contributed by atoms with van der Waals surface area (Å²) in [5, 5.41) is 7.63. The van der Waals surface area contributed by atoms with Gasteiger partial charge in [-0.15, -0.1) is 0 Å². The van der Waals surface area contributed by atoms with Crippen molar-refractivity contribution in [3.05, 3.63) is 53.2 Å². The van der Waals surface area contributed by atoms with Crippen LogP contribution in [0.25, 0.3) is 0 Å². The molecular weight excluding hydrogens is 352 g/mol. The first-order valence-electron chi connectivity index (χ1n) is 8.61. The van der Waals surface area contributed by atoms with Gasteiger partial charge in [-0.25, -0.2) is 4.98 Å². The third kappa shape index (κ3) is 5.06. The number of nitrogens with one attached hydrogen (secondary N) is 2. The molecule has 0 saturated carbocycles. The zero-order valence-corrected chi connectivity index (χ0v) is 15.9. The molecule has 0 spiro atoms. The Hall–Kier alpha value is -1.85. The SMILES string of the molecule is C[C@@H]1CCCN(c2ccc(NC(=S)NCc3ccccc3Cl)cn2)C1. The second kappa shape index (κ2) is 8.50. The van der Waals surface area contributed by atoms with E-state index in [-0.39, 0.29) is 0 Å². The second-order valence-corrected chi connectivity index (χ2v) is 7.31. The third-order valence-electron chi connectivity index (χ3n) is 4.38. The van der Waals surface area contributed by atoms with Gasteiger partial charge in [-0.05, 0) is 54.7 Å². The Kier molecular flexibility index (Phi) is 6.10. The van der Waals surface area contributed by atoms with E-state index in [0.29, 0.717) is 11.7 Å². The summed E-state index contributed by atoms with van der Waals surface area (Å²) >= 11 is 11.5. The lowest BCUT2D eigenvalue weighted by Gasteiger charge is -2.31. The van der Waals surface area contributed by atoms with Crippen LogP contribution < -0.4 is 15.5 Å². The molecule has 0 amide bonds. The lowest BCUT2D eigenvalue weighted by atomic mass is 10.0. The van der Waals surface area contributed by atoms with Crippen molar-refractivity contribution in [2.45, 2.75) is 26.3 Å². The highest BCUT2D eigenvalue weighted by Crippen LogP contribution is 2.22. The van der Waals surface area contributed by atoms with Gasteiger partial charge in [0.15, 0.2) is 5.11 Å². The van der Waals surface area contributed by atoms with Gasteiger partial charge in [0.25, 0.3) is 0 Å². The Bertz CT molecular complexity index is 720. The minimum absolute atomic E-state index is 0.557. The van der Waals surface area contributed by atoms with E-state index < -0.39 is 0 Å². The maximum absolute atomic E-state index is 6.15. The number of thiocarbonyl (C=S) groups is 1. The van der Waals surface area contributed by atoms with E-state index in [4.69, 9.17) is 23.8 Å². The summed E-state index contributed by atoms with van der Waals surface area (Å²) in [5.74, 6) is 1.77. The molecule has 1 aromatic carbocycles. The average Bonchev–Trinajstić information content (AvgIpc) is 2.62. The molecule has 2 N–H and O–H groups in total. The summed E-state index contributed by atoms with van der Waals surface area (Å²) in [4.78, 5) is 6.93. The number of hydrogen-bond acceptors (Lipinski definition) is 3. The van der Waals surface area contributed by atoms with Crippen LogP contribution in [-0.4, -0.2) is 23.2 Å². The summed E-state index contributed by atoms with van der Waals surface area (Å²) in [7, 11) is 0. The smallest absolute Gasteiger partial charge is 0.171 e. The molecule has 1 aliphatic heterocycles. The summed E-state index contributed by atoms with van der Waals surface area (Å²) < 4.78 is 0. The molecular formula is C19H23ClN4S. The highest BCUT2D eigenvalue weighted by atomic mass is 35.5. The van der Waals surface area contributed by atoms with Crippen molar-refractivity contribution < 1.29 is 0 Å². The Labute approximate surface area is 159 Å². The fraction of sp³-hybridized carbons (Fsp3) is 0.368. The van der Waals surface area contributed by atoms with Gasteiger partial charge in [0.05, 0.1) is 11.9 Å². The molecule has 1 aromatic heterocycles. The average molecular weight is 375 g/mol. The van der Waals surface area contributed by atoms with Crippen LogP contribution in [0.4, 0.5) is 11.5 Å². The van der Waals surface area contributed by atoms with Gasteiger partial charge < -0.3 is 15.5 Å². The molecule has 0 radical (unpaired) electrons. The molecule has 132 valence electrons. The van der Waals surface area contributed by atoms with E-state index in [2.05, 4.69) is 33.5 Å². The Morgan fingerprint density at radius 2 is 2.16 bits per heavy atom. The summed E-state index contributed by atoms with van der Waals surface area (Å²) in [6.07, 6.45) is 4.37. The van der Waals surface area contributed by atoms with Crippen LogP contribution in [0.2, 0.25) is 5.02 Å². The van der Waals surface area contributed by atoms with E-state index in [0.717, 1.165) is 41.1 Å². The molecule has 0 bridgehead atoms. The largest absolute Gasteiger partial charge is 0.358 e.